The Balaban J connectivity index is 2.43. The molecule has 0 spiro atoms. The van der Waals surface area contributed by atoms with Gasteiger partial charge in [0.15, 0.2) is 0 Å². The van der Waals surface area contributed by atoms with Crippen LogP contribution in [0.4, 0.5) is 0 Å². The molecule has 0 amide bonds. The Kier molecular flexibility index (Phi) is 5.89. The molecule has 0 aromatic heterocycles. The third-order valence-electron chi connectivity index (χ3n) is 2.50. The van der Waals surface area contributed by atoms with E-state index in [1.165, 1.54) is 0 Å². The van der Waals surface area contributed by atoms with Gasteiger partial charge in [0, 0.05) is 25.5 Å². The molecule has 0 unspecified atom stereocenters. The standard InChI is InChI=1S/C9H19ClN2O2S/c10-6-5-7-11-15(13,14)12-8-3-1-2-4-9-12/h11H,1-9H2. The van der Waals surface area contributed by atoms with Gasteiger partial charge in [-0.3, -0.25) is 0 Å². The average molecular weight is 255 g/mol. The normalized spacial score (nSPS) is 20.1. The van der Waals surface area contributed by atoms with Crippen LogP contribution in [-0.2, 0) is 10.2 Å². The lowest BCUT2D eigenvalue weighted by atomic mass is 10.2. The summed E-state index contributed by atoms with van der Waals surface area (Å²) in [7, 11) is -3.25. The molecule has 1 aliphatic heterocycles. The zero-order valence-corrected chi connectivity index (χ0v) is 10.5. The number of nitrogens with zero attached hydrogens (tertiary/aromatic N) is 1. The van der Waals surface area contributed by atoms with Crippen molar-refractivity contribution in [2.75, 3.05) is 25.5 Å². The summed E-state index contributed by atoms with van der Waals surface area (Å²) in [6.45, 7) is 1.73. The molecule has 0 bridgehead atoms. The summed E-state index contributed by atoms with van der Waals surface area (Å²) in [6.07, 6.45) is 4.88. The fourth-order valence-electron chi connectivity index (χ4n) is 1.64. The number of halogens is 1. The topological polar surface area (TPSA) is 49.4 Å². The molecule has 0 radical (unpaired) electrons. The van der Waals surface area contributed by atoms with E-state index in [-0.39, 0.29) is 0 Å². The molecule has 0 aromatic rings. The zero-order valence-electron chi connectivity index (χ0n) is 8.91. The highest BCUT2D eigenvalue weighted by Gasteiger charge is 2.21. The van der Waals surface area contributed by atoms with Gasteiger partial charge in [0.25, 0.3) is 10.2 Å². The van der Waals surface area contributed by atoms with E-state index in [1.54, 1.807) is 4.31 Å². The van der Waals surface area contributed by atoms with Crippen molar-refractivity contribution in [2.45, 2.75) is 32.1 Å². The lowest BCUT2D eigenvalue weighted by molar-refractivity contribution is 0.415. The van der Waals surface area contributed by atoms with Crippen molar-refractivity contribution >= 4 is 21.8 Å². The molecule has 4 nitrogen and oxygen atoms in total. The predicted molar refractivity (Wildman–Crippen MR) is 62.3 cm³/mol. The Labute approximate surface area is 97.2 Å². The molecule has 0 saturated carbocycles. The minimum atomic E-state index is -3.25. The lowest BCUT2D eigenvalue weighted by Gasteiger charge is -2.19. The summed E-state index contributed by atoms with van der Waals surface area (Å²) in [5.41, 5.74) is 0. The first-order chi connectivity index (χ1) is 7.17. The Morgan fingerprint density at radius 2 is 1.73 bits per heavy atom. The van der Waals surface area contributed by atoms with Gasteiger partial charge in [0.2, 0.25) is 0 Å². The second-order valence-corrected chi connectivity index (χ2v) is 5.89. The van der Waals surface area contributed by atoms with Crippen LogP contribution in [0.15, 0.2) is 0 Å². The molecule has 0 atom stereocenters. The van der Waals surface area contributed by atoms with Crippen LogP contribution in [0.25, 0.3) is 0 Å². The quantitative estimate of drug-likeness (QED) is 0.594. The van der Waals surface area contributed by atoms with Crippen LogP contribution in [0, 0.1) is 0 Å². The van der Waals surface area contributed by atoms with Gasteiger partial charge in [-0.15, -0.1) is 11.6 Å². The molecule has 1 N–H and O–H groups in total. The molecule has 90 valence electrons. The highest BCUT2D eigenvalue weighted by molar-refractivity contribution is 7.87. The van der Waals surface area contributed by atoms with Crippen LogP contribution >= 0.6 is 11.6 Å². The molecule has 6 heteroatoms. The van der Waals surface area contributed by atoms with E-state index in [0.717, 1.165) is 25.7 Å². The smallest absolute Gasteiger partial charge is 0.202 e. The molecule has 0 aromatic carbocycles. The summed E-state index contributed by atoms with van der Waals surface area (Å²) < 4.78 is 27.7. The van der Waals surface area contributed by atoms with E-state index in [9.17, 15) is 8.42 Å². The number of rotatable bonds is 5. The molecule has 0 aliphatic carbocycles. The summed E-state index contributed by atoms with van der Waals surface area (Å²) in [5.74, 6) is 0.489. The van der Waals surface area contributed by atoms with Crippen LogP contribution in [0.1, 0.15) is 32.1 Å². The minimum absolute atomic E-state index is 0.433. The molecule has 15 heavy (non-hydrogen) atoms. The van der Waals surface area contributed by atoms with Gasteiger partial charge in [0.1, 0.15) is 0 Å². The van der Waals surface area contributed by atoms with Gasteiger partial charge in [-0.2, -0.15) is 12.7 Å². The summed E-state index contributed by atoms with van der Waals surface area (Å²) in [5, 5.41) is 0. The Bertz CT molecular complexity index is 261. The number of hydrogen-bond donors (Lipinski definition) is 1. The fraction of sp³-hybridized carbons (Fsp3) is 1.00. The van der Waals surface area contributed by atoms with E-state index in [4.69, 9.17) is 11.6 Å². The van der Waals surface area contributed by atoms with Crippen LogP contribution in [0.3, 0.4) is 0 Å². The highest BCUT2D eigenvalue weighted by Crippen LogP contribution is 2.12. The van der Waals surface area contributed by atoms with Gasteiger partial charge in [-0.05, 0) is 19.3 Å². The first-order valence-corrected chi connectivity index (χ1v) is 7.45. The second kappa shape index (κ2) is 6.68. The largest absolute Gasteiger partial charge is 0.279 e. The van der Waals surface area contributed by atoms with Gasteiger partial charge < -0.3 is 0 Å². The second-order valence-electron chi connectivity index (χ2n) is 3.76. The van der Waals surface area contributed by atoms with Gasteiger partial charge in [-0.25, -0.2) is 4.72 Å². The first-order valence-electron chi connectivity index (χ1n) is 5.47. The van der Waals surface area contributed by atoms with Crippen LogP contribution < -0.4 is 4.72 Å². The molecular weight excluding hydrogens is 236 g/mol. The summed E-state index contributed by atoms with van der Waals surface area (Å²) in [4.78, 5) is 0. The fourth-order valence-corrected chi connectivity index (χ4v) is 3.10. The SMILES string of the molecule is O=S(=O)(NCCCCl)N1CCCCCC1. The lowest BCUT2D eigenvalue weighted by Crippen LogP contribution is -2.41. The first kappa shape index (κ1) is 13.2. The third kappa shape index (κ3) is 4.68. The maximum Gasteiger partial charge on any atom is 0.279 e. The van der Waals surface area contributed by atoms with Crippen molar-refractivity contribution in [1.29, 1.82) is 0 Å². The Morgan fingerprint density at radius 1 is 1.13 bits per heavy atom. The monoisotopic (exact) mass is 254 g/mol. The molecule has 1 heterocycles. The van der Waals surface area contributed by atoms with Crippen molar-refractivity contribution in [1.82, 2.24) is 9.03 Å². The van der Waals surface area contributed by atoms with Crippen LogP contribution in [0.5, 0.6) is 0 Å². The third-order valence-corrected chi connectivity index (χ3v) is 4.38. The predicted octanol–water partition coefficient (Wildman–Crippen LogP) is 1.33. The van der Waals surface area contributed by atoms with E-state index >= 15 is 0 Å². The molecule has 1 aliphatic rings. The minimum Gasteiger partial charge on any atom is -0.202 e. The van der Waals surface area contributed by atoms with Crippen LogP contribution in [0.2, 0.25) is 0 Å². The van der Waals surface area contributed by atoms with Crippen molar-refractivity contribution < 1.29 is 8.42 Å². The molecular formula is C9H19ClN2O2S. The summed E-state index contributed by atoms with van der Waals surface area (Å²) in [6, 6.07) is 0. The maximum absolute atomic E-state index is 11.8. The van der Waals surface area contributed by atoms with Gasteiger partial charge in [0.05, 0.1) is 0 Å². The Morgan fingerprint density at radius 3 is 2.27 bits per heavy atom. The van der Waals surface area contributed by atoms with Crippen LogP contribution in [-0.4, -0.2) is 38.2 Å². The number of nitrogens with one attached hydrogen (secondary N) is 1. The number of hydrogen-bond acceptors (Lipinski definition) is 2. The molecule has 1 rings (SSSR count). The maximum atomic E-state index is 11.8. The average Bonchev–Trinajstić information content (AvgIpc) is 2.46. The van der Waals surface area contributed by atoms with E-state index in [2.05, 4.69) is 4.72 Å². The Hall–Kier alpha value is 0.160. The van der Waals surface area contributed by atoms with E-state index in [0.29, 0.717) is 31.9 Å². The summed E-state index contributed by atoms with van der Waals surface area (Å²) >= 11 is 5.49. The van der Waals surface area contributed by atoms with Crippen molar-refractivity contribution in [3.05, 3.63) is 0 Å². The van der Waals surface area contributed by atoms with E-state index < -0.39 is 10.2 Å². The van der Waals surface area contributed by atoms with Gasteiger partial charge >= 0.3 is 0 Å². The van der Waals surface area contributed by atoms with Crippen molar-refractivity contribution in [3.63, 3.8) is 0 Å². The number of alkyl halides is 1. The van der Waals surface area contributed by atoms with Crippen molar-refractivity contribution in [2.24, 2.45) is 0 Å². The molecule has 1 fully saturated rings. The van der Waals surface area contributed by atoms with Gasteiger partial charge in [-0.1, -0.05) is 12.8 Å². The molecule has 1 saturated heterocycles. The highest BCUT2D eigenvalue weighted by atomic mass is 35.5. The van der Waals surface area contributed by atoms with E-state index in [1.807, 2.05) is 0 Å². The zero-order chi connectivity index (χ0) is 11.1. The van der Waals surface area contributed by atoms with Crippen molar-refractivity contribution in [3.8, 4) is 0 Å².